The molecule has 156 valence electrons. The molecule has 1 aromatic heterocycles. The number of aryl methyl sites for hydroxylation is 1. The highest BCUT2D eigenvalue weighted by atomic mass is 32.2. The zero-order chi connectivity index (χ0) is 21.0. The molecule has 30 heavy (non-hydrogen) atoms. The van der Waals surface area contributed by atoms with E-state index in [1.807, 2.05) is 30.5 Å². The summed E-state index contributed by atoms with van der Waals surface area (Å²) in [7, 11) is 0. The number of anilines is 1. The number of nitrogens with one attached hydrogen (secondary N) is 2. The Hall–Kier alpha value is -2.53. The number of benzene rings is 2. The molecular weight excluding hydrogens is 390 g/mol. The maximum Gasteiger partial charge on any atom is 0.319 e. The van der Waals surface area contributed by atoms with E-state index in [1.54, 1.807) is 18.0 Å². The first-order valence-corrected chi connectivity index (χ1v) is 11.9. The van der Waals surface area contributed by atoms with E-state index in [2.05, 4.69) is 46.8 Å². The van der Waals surface area contributed by atoms with Crippen molar-refractivity contribution in [2.45, 2.75) is 49.3 Å². The van der Waals surface area contributed by atoms with Gasteiger partial charge in [-0.15, -0.1) is 11.8 Å². The highest BCUT2D eigenvalue weighted by molar-refractivity contribution is 7.98. The van der Waals surface area contributed by atoms with Crippen LogP contribution in [0.5, 0.6) is 0 Å². The first-order chi connectivity index (χ1) is 14.6. The van der Waals surface area contributed by atoms with Gasteiger partial charge in [0.05, 0.1) is 11.2 Å². The molecule has 2 amide bonds. The zero-order valence-electron chi connectivity index (χ0n) is 17.7. The second-order valence-electron chi connectivity index (χ2n) is 8.23. The number of pyridine rings is 1. The van der Waals surface area contributed by atoms with Crippen LogP contribution >= 0.6 is 11.8 Å². The molecule has 0 unspecified atom stereocenters. The average molecular weight is 420 g/mol. The van der Waals surface area contributed by atoms with Crippen LogP contribution in [0.25, 0.3) is 10.9 Å². The zero-order valence-corrected chi connectivity index (χ0v) is 18.5. The van der Waals surface area contributed by atoms with Gasteiger partial charge in [-0.05, 0) is 55.9 Å². The highest BCUT2D eigenvalue weighted by Crippen LogP contribution is 2.39. The van der Waals surface area contributed by atoms with E-state index < -0.39 is 0 Å². The summed E-state index contributed by atoms with van der Waals surface area (Å²) >= 11 is 1.63. The smallest absolute Gasteiger partial charge is 0.319 e. The van der Waals surface area contributed by atoms with Gasteiger partial charge >= 0.3 is 6.03 Å². The summed E-state index contributed by atoms with van der Waals surface area (Å²) < 4.78 is 0. The SMILES string of the molecule is CSc1ccc2ncccc2c1NC(=O)NCC1(c2ccc(C)cc2)CCCCC1. The molecule has 0 spiro atoms. The number of urea groups is 1. The average Bonchev–Trinajstić information content (AvgIpc) is 2.79. The number of hydrogen-bond acceptors (Lipinski definition) is 3. The Labute approximate surface area is 182 Å². The van der Waals surface area contributed by atoms with Gasteiger partial charge in [0.25, 0.3) is 0 Å². The Bertz CT molecular complexity index is 1030. The monoisotopic (exact) mass is 419 g/mol. The largest absolute Gasteiger partial charge is 0.337 e. The fraction of sp³-hybridized carbons (Fsp3) is 0.360. The summed E-state index contributed by atoms with van der Waals surface area (Å²) in [6.45, 7) is 2.77. The lowest BCUT2D eigenvalue weighted by Crippen LogP contribution is -2.43. The van der Waals surface area contributed by atoms with Crippen LogP contribution in [0.1, 0.15) is 43.2 Å². The molecule has 0 atom stereocenters. The number of thioether (sulfide) groups is 1. The number of carbonyl (C=O) groups excluding carboxylic acids is 1. The number of hydrogen-bond donors (Lipinski definition) is 2. The number of fused-ring (bicyclic) bond motifs is 1. The summed E-state index contributed by atoms with van der Waals surface area (Å²) in [5, 5.41) is 7.27. The molecule has 5 heteroatoms. The molecule has 0 bridgehead atoms. The number of carbonyl (C=O) groups is 1. The van der Waals surface area contributed by atoms with Gasteiger partial charge in [0.1, 0.15) is 0 Å². The van der Waals surface area contributed by atoms with Crippen molar-refractivity contribution in [2.24, 2.45) is 0 Å². The third-order valence-electron chi connectivity index (χ3n) is 6.27. The van der Waals surface area contributed by atoms with E-state index in [4.69, 9.17) is 0 Å². The van der Waals surface area contributed by atoms with E-state index in [9.17, 15) is 4.79 Å². The molecular formula is C25H29N3OS. The number of nitrogens with zero attached hydrogens (tertiary/aromatic N) is 1. The summed E-state index contributed by atoms with van der Waals surface area (Å²) in [4.78, 5) is 18.4. The Morgan fingerprint density at radius 2 is 1.83 bits per heavy atom. The molecule has 1 aliphatic carbocycles. The Morgan fingerprint density at radius 3 is 2.57 bits per heavy atom. The lowest BCUT2D eigenvalue weighted by Gasteiger charge is -2.38. The van der Waals surface area contributed by atoms with Crippen LogP contribution in [-0.4, -0.2) is 23.8 Å². The second-order valence-corrected chi connectivity index (χ2v) is 9.08. The standard InChI is InChI=1S/C25H29N3OS/c1-18-8-10-19(11-9-18)25(14-4-3-5-15-25)17-27-24(29)28-23-20-7-6-16-26-21(20)12-13-22(23)30-2/h6-13,16H,3-5,14-15,17H2,1-2H3,(H2,27,28,29). The highest BCUT2D eigenvalue weighted by Gasteiger charge is 2.34. The topological polar surface area (TPSA) is 54.0 Å². The van der Waals surface area contributed by atoms with Gasteiger partial charge in [-0.2, -0.15) is 0 Å². The fourth-order valence-corrected chi connectivity index (χ4v) is 5.11. The van der Waals surface area contributed by atoms with Crippen molar-refractivity contribution in [3.63, 3.8) is 0 Å². The fourth-order valence-electron chi connectivity index (χ4n) is 4.54. The lowest BCUT2D eigenvalue weighted by molar-refractivity contribution is 0.240. The first kappa shape index (κ1) is 20.7. The maximum atomic E-state index is 12.9. The molecule has 0 saturated heterocycles. The van der Waals surface area contributed by atoms with Gasteiger partial charge in [-0.25, -0.2) is 4.79 Å². The molecule has 1 saturated carbocycles. The Kier molecular flexibility index (Phi) is 6.28. The summed E-state index contributed by atoms with van der Waals surface area (Å²) in [5.41, 5.74) is 4.34. The second kappa shape index (κ2) is 9.09. The molecule has 1 heterocycles. The van der Waals surface area contributed by atoms with Crippen molar-refractivity contribution in [1.82, 2.24) is 10.3 Å². The third kappa shape index (κ3) is 4.31. The minimum atomic E-state index is -0.154. The lowest BCUT2D eigenvalue weighted by atomic mass is 9.69. The Morgan fingerprint density at radius 1 is 1.07 bits per heavy atom. The van der Waals surface area contributed by atoms with Gasteiger partial charge in [0.15, 0.2) is 0 Å². The van der Waals surface area contributed by atoms with Crippen LogP contribution in [0, 0.1) is 6.92 Å². The number of rotatable bonds is 5. The van der Waals surface area contributed by atoms with E-state index in [0.29, 0.717) is 6.54 Å². The van der Waals surface area contributed by atoms with Gasteiger partial charge in [0, 0.05) is 28.4 Å². The van der Waals surface area contributed by atoms with Crippen molar-refractivity contribution < 1.29 is 4.79 Å². The van der Waals surface area contributed by atoms with Gasteiger partial charge < -0.3 is 10.6 Å². The van der Waals surface area contributed by atoms with E-state index >= 15 is 0 Å². The third-order valence-corrected chi connectivity index (χ3v) is 7.05. The number of amides is 2. The van der Waals surface area contributed by atoms with Crippen LogP contribution in [0.3, 0.4) is 0 Å². The molecule has 2 N–H and O–H groups in total. The van der Waals surface area contributed by atoms with E-state index in [0.717, 1.165) is 34.3 Å². The maximum absolute atomic E-state index is 12.9. The quantitative estimate of drug-likeness (QED) is 0.478. The molecule has 4 nitrogen and oxygen atoms in total. The van der Waals surface area contributed by atoms with E-state index in [1.165, 1.54) is 30.4 Å². The minimum Gasteiger partial charge on any atom is -0.337 e. The molecule has 4 rings (SSSR count). The normalized spacial score (nSPS) is 15.7. The predicted octanol–water partition coefficient (Wildman–Crippen LogP) is 6.29. The molecule has 1 aliphatic rings. The summed E-state index contributed by atoms with van der Waals surface area (Å²) in [5.74, 6) is 0. The van der Waals surface area contributed by atoms with Crippen molar-refractivity contribution >= 4 is 34.4 Å². The van der Waals surface area contributed by atoms with Crippen molar-refractivity contribution in [1.29, 1.82) is 0 Å². The molecule has 0 aliphatic heterocycles. The molecule has 0 radical (unpaired) electrons. The van der Waals surface area contributed by atoms with Crippen molar-refractivity contribution in [2.75, 3.05) is 18.1 Å². The summed E-state index contributed by atoms with van der Waals surface area (Å²) in [6, 6.07) is 16.6. The van der Waals surface area contributed by atoms with Crippen LogP contribution in [0.4, 0.5) is 10.5 Å². The van der Waals surface area contributed by atoms with Gasteiger partial charge in [-0.3, -0.25) is 4.98 Å². The predicted molar refractivity (Wildman–Crippen MR) is 126 cm³/mol. The first-order valence-electron chi connectivity index (χ1n) is 10.6. The van der Waals surface area contributed by atoms with Crippen molar-refractivity contribution in [3.05, 3.63) is 65.9 Å². The van der Waals surface area contributed by atoms with E-state index in [-0.39, 0.29) is 11.4 Å². The van der Waals surface area contributed by atoms with Crippen LogP contribution in [-0.2, 0) is 5.41 Å². The molecule has 2 aromatic carbocycles. The van der Waals surface area contributed by atoms with Gasteiger partial charge in [0.2, 0.25) is 0 Å². The Balaban J connectivity index is 1.54. The van der Waals surface area contributed by atoms with Gasteiger partial charge in [-0.1, -0.05) is 49.1 Å². The van der Waals surface area contributed by atoms with Crippen LogP contribution < -0.4 is 10.6 Å². The minimum absolute atomic E-state index is 0.0198. The van der Waals surface area contributed by atoms with Crippen molar-refractivity contribution in [3.8, 4) is 0 Å². The van der Waals surface area contributed by atoms with Crippen LogP contribution in [0.15, 0.2) is 59.6 Å². The molecule has 1 fully saturated rings. The number of aromatic nitrogens is 1. The van der Waals surface area contributed by atoms with Crippen LogP contribution in [0.2, 0.25) is 0 Å². The summed E-state index contributed by atoms with van der Waals surface area (Å²) in [6.07, 6.45) is 9.73. The molecule has 3 aromatic rings.